The number of rotatable bonds is 5. The minimum Gasteiger partial charge on any atom is -0.357 e. The second-order valence-electron chi connectivity index (χ2n) is 6.15. The van der Waals surface area contributed by atoms with Crippen LogP contribution in [0, 0.1) is 5.92 Å². The third-order valence-electron chi connectivity index (χ3n) is 3.81. The highest BCUT2D eigenvalue weighted by Gasteiger charge is 2.20. The maximum atomic E-state index is 4.72. The van der Waals surface area contributed by atoms with Gasteiger partial charge in [0.25, 0.3) is 0 Å². The quantitative estimate of drug-likeness (QED) is 0.428. The van der Waals surface area contributed by atoms with Crippen LogP contribution in [0.25, 0.3) is 0 Å². The van der Waals surface area contributed by atoms with Crippen LogP contribution in [0.3, 0.4) is 0 Å². The van der Waals surface area contributed by atoms with Crippen LogP contribution in [-0.2, 0) is 13.6 Å². The molecule has 0 aliphatic carbocycles. The smallest absolute Gasteiger partial charge is 0.194 e. The van der Waals surface area contributed by atoms with Crippen molar-refractivity contribution in [3.63, 3.8) is 0 Å². The molecular weight excluding hydrogens is 405 g/mol. The number of hydrogen-bond acceptors (Lipinski definition) is 4. The molecule has 0 spiro atoms. The SMILES string of the molecule is CCNC(=NCc1ncnn1C)N1CCN(CC(C)C)CC1.I. The van der Waals surface area contributed by atoms with Crippen molar-refractivity contribution in [2.75, 3.05) is 39.3 Å². The monoisotopic (exact) mass is 435 g/mol. The van der Waals surface area contributed by atoms with E-state index in [-0.39, 0.29) is 24.0 Å². The molecule has 7 nitrogen and oxygen atoms in total. The van der Waals surface area contributed by atoms with E-state index in [9.17, 15) is 0 Å². The van der Waals surface area contributed by atoms with Gasteiger partial charge in [-0.15, -0.1) is 24.0 Å². The van der Waals surface area contributed by atoms with Crippen LogP contribution in [0.2, 0.25) is 0 Å². The lowest BCUT2D eigenvalue weighted by molar-refractivity contribution is 0.164. The van der Waals surface area contributed by atoms with E-state index in [0.717, 1.165) is 50.4 Å². The molecule has 0 radical (unpaired) electrons. The molecule has 0 aromatic carbocycles. The van der Waals surface area contributed by atoms with E-state index >= 15 is 0 Å². The van der Waals surface area contributed by atoms with Crippen molar-refractivity contribution in [3.05, 3.63) is 12.2 Å². The molecule has 1 N–H and O–H groups in total. The van der Waals surface area contributed by atoms with Gasteiger partial charge in [0.2, 0.25) is 0 Å². The van der Waals surface area contributed by atoms with Crippen LogP contribution < -0.4 is 5.32 Å². The number of aryl methyl sites for hydroxylation is 1. The van der Waals surface area contributed by atoms with Gasteiger partial charge < -0.3 is 10.2 Å². The topological polar surface area (TPSA) is 61.6 Å². The number of piperazine rings is 1. The van der Waals surface area contributed by atoms with Crippen molar-refractivity contribution >= 4 is 29.9 Å². The molecule has 0 atom stereocenters. The van der Waals surface area contributed by atoms with E-state index in [1.165, 1.54) is 6.54 Å². The fourth-order valence-corrected chi connectivity index (χ4v) is 2.69. The number of nitrogens with zero attached hydrogens (tertiary/aromatic N) is 6. The maximum Gasteiger partial charge on any atom is 0.194 e. The first-order valence-corrected chi connectivity index (χ1v) is 8.18. The van der Waals surface area contributed by atoms with Crippen molar-refractivity contribution in [1.29, 1.82) is 0 Å². The van der Waals surface area contributed by atoms with E-state index < -0.39 is 0 Å². The predicted octanol–water partition coefficient (Wildman–Crippen LogP) is 1.17. The van der Waals surface area contributed by atoms with Gasteiger partial charge in [-0.05, 0) is 12.8 Å². The summed E-state index contributed by atoms with van der Waals surface area (Å²) in [5, 5.41) is 7.48. The highest BCUT2D eigenvalue weighted by atomic mass is 127. The Morgan fingerprint density at radius 3 is 2.52 bits per heavy atom. The molecule has 1 fully saturated rings. The fourth-order valence-electron chi connectivity index (χ4n) is 2.69. The van der Waals surface area contributed by atoms with Crippen LogP contribution in [-0.4, -0.2) is 69.8 Å². The maximum absolute atomic E-state index is 4.72. The molecular formula is C15H30IN7. The molecule has 2 rings (SSSR count). The molecule has 1 aromatic rings. The van der Waals surface area contributed by atoms with Crippen LogP contribution in [0.4, 0.5) is 0 Å². The van der Waals surface area contributed by atoms with Crippen LogP contribution >= 0.6 is 24.0 Å². The first-order chi connectivity index (χ1) is 10.6. The van der Waals surface area contributed by atoms with Gasteiger partial charge in [-0.3, -0.25) is 9.58 Å². The number of halogens is 1. The first kappa shape index (κ1) is 20.1. The Bertz CT molecular complexity index is 478. The number of guanidine groups is 1. The zero-order chi connectivity index (χ0) is 15.9. The molecule has 1 aromatic heterocycles. The standard InChI is InChI=1S/C15H29N7.HI/c1-5-16-15(17-10-14-18-12-19-20(14)4)22-8-6-21(7-9-22)11-13(2)3;/h12-13H,5-11H2,1-4H3,(H,16,17);1H. The van der Waals surface area contributed by atoms with Crippen molar-refractivity contribution in [1.82, 2.24) is 29.9 Å². The molecule has 8 heteroatoms. The third kappa shape index (κ3) is 6.25. The molecule has 132 valence electrons. The van der Waals surface area contributed by atoms with Gasteiger partial charge >= 0.3 is 0 Å². The Morgan fingerprint density at radius 1 is 1.30 bits per heavy atom. The van der Waals surface area contributed by atoms with Gasteiger partial charge in [0.05, 0.1) is 0 Å². The summed E-state index contributed by atoms with van der Waals surface area (Å²) in [5.74, 6) is 2.59. The first-order valence-electron chi connectivity index (χ1n) is 8.18. The molecule has 0 bridgehead atoms. The molecule has 0 saturated carbocycles. The fraction of sp³-hybridized carbons (Fsp3) is 0.800. The number of nitrogens with one attached hydrogen (secondary N) is 1. The summed E-state index contributed by atoms with van der Waals surface area (Å²) in [6.45, 7) is 13.5. The van der Waals surface area contributed by atoms with E-state index in [4.69, 9.17) is 4.99 Å². The van der Waals surface area contributed by atoms with Crippen LogP contribution in [0.1, 0.15) is 26.6 Å². The summed E-state index contributed by atoms with van der Waals surface area (Å²) in [6.07, 6.45) is 1.57. The van der Waals surface area contributed by atoms with E-state index in [0.29, 0.717) is 6.54 Å². The average Bonchev–Trinajstić information content (AvgIpc) is 2.89. The van der Waals surface area contributed by atoms with Gasteiger partial charge in [-0.1, -0.05) is 13.8 Å². The molecule has 1 saturated heterocycles. The number of hydrogen-bond donors (Lipinski definition) is 1. The lowest BCUT2D eigenvalue weighted by Gasteiger charge is -2.37. The highest BCUT2D eigenvalue weighted by molar-refractivity contribution is 14.0. The molecule has 0 unspecified atom stereocenters. The van der Waals surface area contributed by atoms with E-state index in [2.05, 4.69) is 46.0 Å². The second-order valence-corrected chi connectivity index (χ2v) is 6.15. The lowest BCUT2D eigenvalue weighted by atomic mass is 10.2. The largest absolute Gasteiger partial charge is 0.357 e. The van der Waals surface area contributed by atoms with E-state index in [1.807, 2.05) is 7.05 Å². The summed E-state index contributed by atoms with van der Waals surface area (Å²) in [4.78, 5) is 13.8. The zero-order valence-electron chi connectivity index (χ0n) is 14.7. The van der Waals surface area contributed by atoms with Crippen molar-refractivity contribution < 1.29 is 0 Å². The number of aromatic nitrogens is 3. The lowest BCUT2D eigenvalue weighted by Crippen LogP contribution is -2.53. The minimum atomic E-state index is 0. The normalized spacial score (nSPS) is 16.6. The van der Waals surface area contributed by atoms with Gasteiger partial charge in [-0.2, -0.15) is 5.10 Å². The van der Waals surface area contributed by atoms with Gasteiger partial charge in [0.15, 0.2) is 5.96 Å². The molecule has 2 heterocycles. The summed E-state index contributed by atoms with van der Waals surface area (Å²) < 4.78 is 1.77. The molecule has 1 aliphatic heterocycles. The Kier molecular flexibility index (Phi) is 8.82. The molecule has 1 aliphatic rings. The summed E-state index contributed by atoms with van der Waals surface area (Å²) in [7, 11) is 1.90. The Balaban J connectivity index is 0.00000264. The minimum absolute atomic E-state index is 0. The Labute approximate surface area is 156 Å². The van der Waals surface area contributed by atoms with Crippen LogP contribution in [0.5, 0.6) is 0 Å². The Hall–Kier alpha value is -0.900. The Morgan fingerprint density at radius 2 is 2.00 bits per heavy atom. The number of aliphatic imine (C=N–C) groups is 1. The second kappa shape index (κ2) is 10.1. The zero-order valence-corrected chi connectivity index (χ0v) is 17.0. The van der Waals surface area contributed by atoms with Crippen molar-refractivity contribution in [2.45, 2.75) is 27.3 Å². The van der Waals surface area contributed by atoms with Crippen molar-refractivity contribution in [3.8, 4) is 0 Å². The average molecular weight is 435 g/mol. The summed E-state index contributed by atoms with van der Waals surface area (Å²) in [6, 6.07) is 0. The van der Waals surface area contributed by atoms with Gasteiger partial charge in [0, 0.05) is 46.3 Å². The molecule has 0 amide bonds. The third-order valence-corrected chi connectivity index (χ3v) is 3.81. The van der Waals surface area contributed by atoms with Crippen molar-refractivity contribution in [2.24, 2.45) is 18.0 Å². The van der Waals surface area contributed by atoms with Crippen LogP contribution in [0.15, 0.2) is 11.3 Å². The summed E-state index contributed by atoms with van der Waals surface area (Å²) >= 11 is 0. The molecule has 23 heavy (non-hydrogen) atoms. The summed E-state index contributed by atoms with van der Waals surface area (Å²) in [5.41, 5.74) is 0. The van der Waals surface area contributed by atoms with E-state index in [1.54, 1.807) is 11.0 Å². The highest BCUT2D eigenvalue weighted by Crippen LogP contribution is 2.06. The van der Waals surface area contributed by atoms with Gasteiger partial charge in [0.1, 0.15) is 18.7 Å². The predicted molar refractivity (Wildman–Crippen MR) is 104 cm³/mol. The van der Waals surface area contributed by atoms with Gasteiger partial charge in [-0.25, -0.2) is 9.98 Å².